The molecule has 0 aliphatic rings. The Morgan fingerprint density at radius 3 is 1.48 bits per heavy atom. The van der Waals surface area contributed by atoms with E-state index >= 15 is 0 Å². The smallest absolute Gasteiger partial charge is 0.221 e. The van der Waals surface area contributed by atoms with Crippen LogP contribution in [0.3, 0.4) is 0 Å². The van der Waals surface area contributed by atoms with Gasteiger partial charge in [0.1, 0.15) is 0 Å². The van der Waals surface area contributed by atoms with Crippen LogP contribution >= 0.6 is 11.6 Å². The Labute approximate surface area is 150 Å². The lowest BCUT2D eigenvalue weighted by molar-refractivity contribution is -0.111. The Bertz CT molecular complexity index is 273. The number of carbonyl (C=O) groups is 1. The molecule has 0 aromatic carbocycles. The van der Waals surface area contributed by atoms with Crippen LogP contribution in [0.5, 0.6) is 0 Å². The summed E-state index contributed by atoms with van der Waals surface area (Å²) in [6.45, 7) is 2.28. The molecule has 23 heavy (non-hydrogen) atoms. The maximum Gasteiger partial charge on any atom is 0.221 e. The number of halogens is 1. The topological polar surface area (TPSA) is 17.1 Å². The molecule has 0 bridgehead atoms. The molecule has 0 saturated heterocycles. The lowest BCUT2D eigenvalue weighted by Crippen LogP contribution is -1.84. The quantitative estimate of drug-likeness (QED) is 0.140. The van der Waals surface area contributed by atoms with E-state index in [1.165, 1.54) is 83.5 Å². The van der Waals surface area contributed by atoms with Gasteiger partial charge in [0, 0.05) is 6.42 Å². The van der Waals surface area contributed by atoms with E-state index in [-0.39, 0.29) is 5.24 Å². The first-order valence-corrected chi connectivity index (χ1v) is 10.5. The lowest BCUT2D eigenvalue weighted by Gasteiger charge is -2.02. The molecule has 2 heteroatoms. The zero-order valence-corrected chi connectivity index (χ0v) is 16.2. The number of rotatable bonds is 18. The van der Waals surface area contributed by atoms with E-state index in [1.807, 2.05) is 0 Å². The van der Waals surface area contributed by atoms with Crippen molar-refractivity contribution in [2.24, 2.45) is 0 Å². The van der Waals surface area contributed by atoms with E-state index in [9.17, 15) is 4.79 Å². The molecule has 136 valence electrons. The van der Waals surface area contributed by atoms with Crippen molar-refractivity contribution in [1.82, 2.24) is 0 Å². The van der Waals surface area contributed by atoms with E-state index in [0.29, 0.717) is 6.42 Å². The first-order chi connectivity index (χ1) is 11.3. The van der Waals surface area contributed by atoms with Crippen LogP contribution in [0.4, 0.5) is 0 Å². The van der Waals surface area contributed by atoms with Gasteiger partial charge in [-0.2, -0.15) is 0 Å². The summed E-state index contributed by atoms with van der Waals surface area (Å²) in [7, 11) is 0. The van der Waals surface area contributed by atoms with Crippen molar-refractivity contribution in [2.45, 2.75) is 116 Å². The molecule has 0 aromatic heterocycles. The minimum atomic E-state index is -0.203. The van der Waals surface area contributed by atoms with Gasteiger partial charge < -0.3 is 0 Å². The van der Waals surface area contributed by atoms with E-state index in [0.717, 1.165) is 19.3 Å². The second kappa shape index (κ2) is 19.7. The van der Waals surface area contributed by atoms with Crippen LogP contribution in [-0.4, -0.2) is 5.24 Å². The summed E-state index contributed by atoms with van der Waals surface area (Å²) in [5.74, 6) is 0. The van der Waals surface area contributed by atoms with Gasteiger partial charge >= 0.3 is 0 Å². The van der Waals surface area contributed by atoms with Gasteiger partial charge in [-0.1, -0.05) is 89.7 Å². The van der Waals surface area contributed by atoms with Gasteiger partial charge in [0.05, 0.1) is 0 Å². The van der Waals surface area contributed by atoms with Gasteiger partial charge in [0.2, 0.25) is 5.24 Å². The van der Waals surface area contributed by atoms with Crippen LogP contribution in [0.25, 0.3) is 0 Å². The van der Waals surface area contributed by atoms with Crippen molar-refractivity contribution >= 4 is 16.8 Å². The average molecular weight is 343 g/mol. The molecular weight excluding hydrogens is 304 g/mol. The molecule has 1 nitrogen and oxygen atoms in total. The highest BCUT2D eigenvalue weighted by Crippen LogP contribution is 2.12. The molecule has 0 amide bonds. The molecule has 0 radical (unpaired) electrons. The van der Waals surface area contributed by atoms with Crippen molar-refractivity contribution in [3.05, 3.63) is 12.2 Å². The van der Waals surface area contributed by atoms with Crippen molar-refractivity contribution in [1.29, 1.82) is 0 Å². The fourth-order valence-electron chi connectivity index (χ4n) is 2.87. The van der Waals surface area contributed by atoms with Gasteiger partial charge in [-0.05, 0) is 43.7 Å². The summed E-state index contributed by atoms with van der Waals surface area (Å²) < 4.78 is 0. The molecule has 0 rings (SSSR count). The van der Waals surface area contributed by atoms with Crippen LogP contribution in [0.2, 0.25) is 0 Å². The van der Waals surface area contributed by atoms with Crippen molar-refractivity contribution < 1.29 is 4.79 Å². The zero-order valence-electron chi connectivity index (χ0n) is 15.5. The third kappa shape index (κ3) is 21.7. The van der Waals surface area contributed by atoms with Gasteiger partial charge in [0.25, 0.3) is 0 Å². The Balaban J connectivity index is 3.06. The van der Waals surface area contributed by atoms with Crippen molar-refractivity contribution in [2.75, 3.05) is 0 Å². The molecule has 0 aliphatic carbocycles. The molecule has 0 unspecified atom stereocenters. The first-order valence-electron chi connectivity index (χ1n) is 10.1. The van der Waals surface area contributed by atoms with Gasteiger partial charge in [0.15, 0.2) is 0 Å². The first kappa shape index (κ1) is 22.7. The molecule has 0 fully saturated rings. The predicted molar refractivity (Wildman–Crippen MR) is 104 cm³/mol. The van der Waals surface area contributed by atoms with Crippen molar-refractivity contribution in [3.63, 3.8) is 0 Å². The minimum Gasteiger partial charge on any atom is -0.281 e. The van der Waals surface area contributed by atoms with Gasteiger partial charge in [-0.3, -0.25) is 4.79 Å². The second-order valence-electron chi connectivity index (χ2n) is 6.75. The van der Waals surface area contributed by atoms with E-state index in [2.05, 4.69) is 19.1 Å². The standard InChI is InChI=1S/C21H39ClO/c1-2-3-4-5-6-7-8-9-10-11-12-13-14-15-16-17-18-19-20-21(22)23/h15-16H,2-14,17-20H2,1H3/b16-15+. The van der Waals surface area contributed by atoms with Gasteiger partial charge in [-0.25, -0.2) is 0 Å². The molecule has 0 N–H and O–H groups in total. The summed E-state index contributed by atoms with van der Waals surface area (Å²) in [6, 6.07) is 0. The summed E-state index contributed by atoms with van der Waals surface area (Å²) >= 11 is 5.30. The largest absolute Gasteiger partial charge is 0.281 e. The Kier molecular flexibility index (Phi) is 19.5. The Morgan fingerprint density at radius 2 is 1.04 bits per heavy atom. The average Bonchev–Trinajstić information content (AvgIpc) is 2.53. The van der Waals surface area contributed by atoms with Crippen LogP contribution in [0, 0.1) is 0 Å². The minimum absolute atomic E-state index is 0.203. The molecule has 0 saturated carbocycles. The van der Waals surface area contributed by atoms with Crippen LogP contribution < -0.4 is 0 Å². The molecule has 0 aliphatic heterocycles. The maximum absolute atomic E-state index is 10.6. The Hall–Kier alpha value is -0.300. The second-order valence-corrected chi connectivity index (χ2v) is 7.17. The third-order valence-electron chi connectivity index (χ3n) is 4.39. The van der Waals surface area contributed by atoms with Crippen LogP contribution in [0.1, 0.15) is 116 Å². The zero-order chi connectivity index (χ0) is 17.0. The summed E-state index contributed by atoms with van der Waals surface area (Å²) in [5.41, 5.74) is 0. The maximum atomic E-state index is 10.6. The highest BCUT2D eigenvalue weighted by molar-refractivity contribution is 6.63. The highest BCUT2D eigenvalue weighted by Gasteiger charge is 1.94. The molecule has 0 spiro atoms. The number of hydrogen-bond donors (Lipinski definition) is 0. The molecular formula is C21H39ClO. The monoisotopic (exact) mass is 342 g/mol. The van der Waals surface area contributed by atoms with E-state index in [1.54, 1.807) is 0 Å². The molecule has 0 heterocycles. The van der Waals surface area contributed by atoms with Gasteiger partial charge in [-0.15, -0.1) is 0 Å². The lowest BCUT2D eigenvalue weighted by atomic mass is 10.0. The van der Waals surface area contributed by atoms with Crippen LogP contribution in [0.15, 0.2) is 12.2 Å². The number of carbonyl (C=O) groups excluding carboxylic acids is 1. The number of allylic oxidation sites excluding steroid dienone is 2. The summed E-state index contributed by atoms with van der Waals surface area (Å²) in [5, 5.41) is -0.203. The number of unbranched alkanes of at least 4 members (excludes halogenated alkanes) is 14. The Morgan fingerprint density at radius 1 is 0.652 bits per heavy atom. The van der Waals surface area contributed by atoms with Crippen molar-refractivity contribution in [3.8, 4) is 0 Å². The predicted octanol–water partition coefficient (Wildman–Crippen LogP) is 7.96. The highest BCUT2D eigenvalue weighted by atomic mass is 35.5. The summed E-state index contributed by atoms with van der Waals surface area (Å²) in [4.78, 5) is 10.6. The third-order valence-corrected chi connectivity index (χ3v) is 4.57. The molecule has 0 atom stereocenters. The normalized spacial score (nSPS) is 11.4. The van der Waals surface area contributed by atoms with Crippen LogP contribution in [-0.2, 0) is 4.79 Å². The SMILES string of the molecule is CCCCCCCCCCCCCC/C=C/CCCCC(=O)Cl. The van der Waals surface area contributed by atoms with E-state index < -0.39 is 0 Å². The molecule has 0 aromatic rings. The fourth-order valence-corrected chi connectivity index (χ4v) is 3.00. The fraction of sp³-hybridized carbons (Fsp3) is 0.857. The number of hydrogen-bond acceptors (Lipinski definition) is 1. The van der Waals surface area contributed by atoms with E-state index in [4.69, 9.17) is 11.6 Å². The summed E-state index contributed by atoms with van der Waals surface area (Å²) in [6.07, 6.45) is 26.3.